The fraction of sp³-hybridized carbons (Fsp3) is 0.543. The van der Waals surface area contributed by atoms with Crippen molar-refractivity contribution < 1.29 is 8.85 Å². The molecule has 3 atom stereocenters. The number of hydrogen-bond donors (Lipinski definition) is 0. The smallest absolute Gasteiger partial charge is 0.261 e. The van der Waals surface area contributed by atoms with Gasteiger partial charge >= 0.3 is 0 Å². The van der Waals surface area contributed by atoms with E-state index >= 15 is 0 Å². The minimum absolute atomic E-state index is 0.0241. The lowest BCUT2D eigenvalue weighted by Crippen LogP contribution is -2.67. The summed E-state index contributed by atoms with van der Waals surface area (Å²) in [6.45, 7) is 26.9. The third kappa shape index (κ3) is 8.88. The van der Waals surface area contributed by atoms with Gasteiger partial charge in [-0.2, -0.15) is 0 Å². The molecule has 0 aliphatic carbocycles. The normalized spacial score (nSPS) is 15.0. The van der Waals surface area contributed by atoms with Crippen molar-refractivity contribution in [3.8, 4) is 0 Å². The van der Waals surface area contributed by atoms with Gasteiger partial charge in [-0.05, 0) is 72.1 Å². The number of allylic oxidation sites excluding steroid dienone is 1. The number of hydrogen-bond acceptors (Lipinski definition) is 2. The molecule has 2 aromatic rings. The summed E-state index contributed by atoms with van der Waals surface area (Å²) in [5, 5.41) is 2.65. The standard InChI is InChI=1S/C35H56O2Si2/c1-11-29(5)27-30(6)28-32(37-38(12-2,13-3)14-4)26-25-31(7)36-39(35(8,9)10,33-21-17-15-18-22-33)34-23-19-16-20-24-34/h11,15-24,29,31-32H,1,6,12-14,25-28H2,2-5,7-10H3/t29-,31-,32+/m0/s1. The predicted octanol–water partition coefficient (Wildman–Crippen LogP) is 9.28. The topological polar surface area (TPSA) is 18.5 Å². The minimum atomic E-state index is -2.57. The third-order valence-corrected chi connectivity index (χ3v) is 18.4. The van der Waals surface area contributed by atoms with E-state index in [2.05, 4.69) is 129 Å². The van der Waals surface area contributed by atoms with Crippen LogP contribution >= 0.6 is 0 Å². The highest BCUT2D eigenvalue weighted by Gasteiger charge is 2.51. The van der Waals surface area contributed by atoms with Crippen LogP contribution in [-0.4, -0.2) is 28.8 Å². The summed E-state index contributed by atoms with van der Waals surface area (Å²) in [5.74, 6) is 0.445. The van der Waals surface area contributed by atoms with Crippen molar-refractivity contribution in [2.45, 2.75) is 116 Å². The van der Waals surface area contributed by atoms with E-state index in [0.29, 0.717) is 5.92 Å². The Labute approximate surface area is 243 Å². The van der Waals surface area contributed by atoms with Crippen LogP contribution in [0.2, 0.25) is 23.2 Å². The zero-order chi connectivity index (χ0) is 29.1. The zero-order valence-electron chi connectivity index (χ0n) is 26.3. The van der Waals surface area contributed by atoms with Gasteiger partial charge in [-0.3, -0.25) is 0 Å². The van der Waals surface area contributed by atoms with E-state index in [4.69, 9.17) is 8.85 Å². The van der Waals surface area contributed by atoms with E-state index < -0.39 is 16.6 Å². The van der Waals surface area contributed by atoms with Crippen molar-refractivity contribution in [1.29, 1.82) is 0 Å². The van der Waals surface area contributed by atoms with Gasteiger partial charge in [-0.1, -0.05) is 127 Å². The lowest BCUT2D eigenvalue weighted by Gasteiger charge is -2.45. The van der Waals surface area contributed by atoms with Crippen LogP contribution < -0.4 is 10.4 Å². The molecule has 0 radical (unpaired) electrons. The Kier molecular flexibility index (Phi) is 13.2. The second-order valence-electron chi connectivity index (χ2n) is 12.5. The first kappa shape index (κ1) is 33.5. The fourth-order valence-electron chi connectivity index (χ4n) is 5.97. The lowest BCUT2D eigenvalue weighted by molar-refractivity contribution is 0.135. The van der Waals surface area contributed by atoms with Crippen molar-refractivity contribution in [2.24, 2.45) is 5.92 Å². The number of benzene rings is 2. The maximum Gasteiger partial charge on any atom is 0.261 e. The molecule has 0 saturated carbocycles. The predicted molar refractivity (Wildman–Crippen MR) is 177 cm³/mol. The first-order chi connectivity index (χ1) is 18.5. The molecule has 0 unspecified atom stereocenters. The van der Waals surface area contributed by atoms with E-state index in [1.807, 2.05) is 6.08 Å². The van der Waals surface area contributed by atoms with E-state index in [9.17, 15) is 0 Å². The van der Waals surface area contributed by atoms with Crippen LogP contribution in [0.4, 0.5) is 0 Å². The van der Waals surface area contributed by atoms with Gasteiger partial charge in [0.05, 0.1) is 0 Å². The summed E-state index contributed by atoms with van der Waals surface area (Å²) in [4.78, 5) is 0. The monoisotopic (exact) mass is 564 g/mol. The minimum Gasteiger partial charge on any atom is -0.414 e. The quantitative estimate of drug-likeness (QED) is 0.141. The molecule has 2 aromatic carbocycles. The molecule has 0 fully saturated rings. The molecule has 0 aliphatic heterocycles. The van der Waals surface area contributed by atoms with Gasteiger partial charge in [-0.25, -0.2) is 0 Å². The summed E-state index contributed by atoms with van der Waals surface area (Å²) in [6.07, 6.45) is 6.23. The molecule has 2 rings (SSSR count). The fourth-order valence-corrected chi connectivity index (χ4v) is 13.6. The highest BCUT2D eigenvalue weighted by Crippen LogP contribution is 2.38. The molecular formula is C35H56O2Si2. The largest absolute Gasteiger partial charge is 0.414 e. The molecule has 0 heterocycles. The van der Waals surface area contributed by atoms with E-state index in [1.165, 1.54) is 34.1 Å². The van der Waals surface area contributed by atoms with Crippen LogP contribution in [0.25, 0.3) is 0 Å². The first-order valence-electron chi connectivity index (χ1n) is 15.2. The van der Waals surface area contributed by atoms with Gasteiger partial charge in [0, 0.05) is 12.2 Å². The van der Waals surface area contributed by atoms with Crippen molar-refractivity contribution in [3.05, 3.63) is 85.5 Å². The van der Waals surface area contributed by atoms with Crippen molar-refractivity contribution in [1.82, 2.24) is 0 Å². The van der Waals surface area contributed by atoms with E-state index in [1.54, 1.807) is 0 Å². The van der Waals surface area contributed by atoms with Crippen LogP contribution in [0.3, 0.4) is 0 Å². The molecule has 0 saturated heterocycles. The Morgan fingerprint density at radius 3 is 1.69 bits per heavy atom. The Morgan fingerprint density at radius 2 is 1.28 bits per heavy atom. The second kappa shape index (κ2) is 15.3. The van der Waals surface area contributed by atoms with E-state index in [-0.39, 0.29) is 17.2 Å². The molecule has 0 amide bonds. The summed E-state index contributed by atoms with van der Waals surface area (Å²) in [7, 11) is -4.31. The molecular weight excluding hydrogens is 509 g/mol. The van der Waals surface area contributed by atoms with Crippen LogP contribution in [0.1, 0.15) is 81.1 Å². The third-order valence-electron chi connectivity index (χ3n) is 8.57. The van der Waals surface area contributed by atoms with Crippen molar-refractivity contribution in [3.63, 3.8) is 0 Å². The van der Waals surface area contributed by atoms with Gasteiger partial charge in [0.2, 0.25) is 0 Å². The number of rotatable bonds is 17. The molecule has 0 aliphatic rings. The average Bonchev–Trinajstić information content (AvgIpc) is 2.93. The molecule has 39 heavy (non-hydrogen) atoms. The molecule has 0 N–H and O–H groups in total. The summed E-state index contributed by atoms with van der Waals surface area (Å²) in [5.41, 5.74) is 1.28. The Balaban J connectivity index is 2.35. The van der Waals surface area contributed by atoms with Crippen LogP contribution in [0.15, 0.2) is 85.5 Å². The Bertz CT molecular complexity index is 945. The summed E-state index contributed by atoms with van der Waals surface area (Å²) >= 11 is 0. The molecule has 0 spiro atoms. The maximum atomic E-state index is 7.38. The molecule has 2 nitrogen and oxygen atoms in total. The molecule has 0 aromatic heterocycles. The summed E-state index contributed by atoms with van der Waals surface area (Å²) in [6, 6.07) is 25.4. The van der Waals surface area contributed by atoms with Gasteiger partial charge in [0.15, 0.2) is 8.32 Å². The van der Waals surface area contributed by atoms with Crippen LogP contribution in [0, 0.1) is 5.92 Å². The SMILES string of the molecule is C=C[C@H](C)CC(=C)C[C@@H](CC[C@H](C)O[Si](c1ccccc1)(c1ccccc1)C(C)(C)C)O[Si](CC)(CC)CC. The molecule has 216 valence electrons. The first-order valence-corrected chi connectivity index (χ1v) is 19.7. The van der Waals surface area contributed by atoms with E-state index in [0.717, 1.165) is 25.7 Å². The second-order valence-corrected chi connectivity index (χ2v) is 21.5. The van der Waals surface area contributed by atoms with Crippen LogP contribution in [-0.2, 0) is 8.85 Å². The van der Waals surface area contributed by atoms with Crippen LogP contribution in [0.5, 0.6) is 0 Å². The summed E-state index contributed by atoms with van der Waals surface area (Å²) < 4.78 is 14.5. The Morgan fingerprint density at radius 1 is 0.795 bits per heavy atom. The van der Waals surface area contributed by atoms with Crippen molar-refractivity contribution >= 4 is 27.0 Å². The molecule has 4 heteroatoms. The Hall–Kier alpha value is -1.73. The molecule has 0 bridgehead atoms. The van der Waals surface area contributed by atoms with Gasteiger partial charge in [0.25, 0.3) is 8.32 Å². The van der Waals surface area contributed by atoms with Gasteiger partial charge < -0.3 is 8.85 Å². The average molecular weight is 565 g/mol. The van der Waals surface area contributed by atoms with Gasteiger partial charge in [-0.15, -0.1) is 6.58 Å². The maximum absolute atomic E-state index is 7.38. The van der Waals surface area contributed by atoms with Crippen molar-refractivity contribution in [2.75, 3.05) is 0 Å². The van der Waals surface area contributed by atoms with Gasteiger partial charge in [0.1, 0.15) is 0 Å². The zero-order valence-corrected chi connectivity index (χ0v) is 28.3. The highest BCUT2D eigenvalue weighted by atomic mass is 28.4. The lowest BCUT2D eigenvalue weighted by atomic mass is 9.96. The highest BCUT2D eigenvalue weighted by molar-refractivity contribution is 6.99.